The normalized spacial score (nSPS) is 10.5. The van der Waals surface area contributed by atoms with Gasteiger partial charge in [0.25, 0.3) is 11.5 Å². The van der Waals surface area contributed by atoms with Gasteiger partial charge in [-0.3, -0.25) is 9.59 Å². The zero-order valence-corrected chi connectivity index (χ0v) is 15.4. The molecule has 0 saturated carbocycles. The summed E-state index contributed by atoms with van der Waals surface area (Å²) in [4.78, 5) is 23.9. The molecule has 0 unspecified atom stereocenters. The zero-order chi connectivity index (χ0) is 19.9. The highest BCUT2D eigenvalue weighted by atomic mass is 19.1. The molecular weight excluding hydrogens is 361 g/mol. The standard InChI is InChI=1S/C21H20FN3O3/c1-15-2-8-18(9-3-15)28-14-20(26)23-12-13-25-21(27)11-10-19(24-25)16-4-6-17(22)7-5-16/h2-11H,12-14H2,1H3,(H,23,26). The van der Waals surface area contributed by atoms with E-state index in [0.717, 1.165) is 5.56 Å². The molecule has 7 heteroatoms. The molecule has 1 N–H and O–H groups in total. The summed E-state index contributed by atoms with van der Waals surface area (Å²) in [5.74, 6) is -0.0124. The van der Waals surface area contributed by atoms with Crippen LogP contribution in [0.15, 0.2) is 65.5 Å². The van der Waals surface area contributed by atoms with E-state index in [9.17, 15) is 14.0 Å². The Bertz CT molecular complexity index is 999. The van der Waals surface area contributed by atoms with Gasteiger partial charge in [0.2, 0.25) is 0 Å². The zero-order valence-electron chi connectivity index (χ0n) is 15.4. The molecule has 0 aliphatic rings. The minimum atomic E-state index is -0.340. The van der Waals surface area contributed by atoms with E-state index in [2.05, 4.69) is 10.4 Å². The number of hydrogen-bond acceptors (Lipinski definition) is 4. The lowest BCUT2D eigenvalue weighted by Gasteiger charge is -2.09. The molecule has 0 saturated heterocycles. The predicted octanol–water partition coefficient (Wildman–Crippen LogP) is 2.55. The van der Waals surface area contributed by atoms with Gasteiger partial charge in [-0.05, 0) is 49.4 Å². The van der Waals surface area contributed by atoms with Crippen molar-refractivity contribution in [3.8, 4) is 17.0 Å². The molecule has 0 fully saturated rings. The summed E-state index contributed by atoms with van der Waals surface area (Å²) < 4.78 is 19.7. The van der Waals surface area contributed by atoms with E-state index in [0.29, 0.717) is 17.0 Å². The minimum Gasteiger partial charge on any atom is -0.484 e. The maximum atomic E-state index is 13.1. The second-order valence-corrected chi connectivity index (χ2v) is 6.24. The van der Waals surface area contributed by atoms with Crippen LogP contribution < -0.4 is 15.6 Å². The van der Waals surface area contributed by atoms with Gasteiger partial charge >= 0.3 is 0 Å². The van der Waals surface area contributed by atoms with E-state index in [-0.39, 0.29) is 37.0 Å². The number of nitrogens with one attached hydrogen (secondary N) is 1. The van der Waals surface area contributed by atoms with Crippen LogP contribution in [0.5, 0.6) is 5.75 Å². The Kier molecular flexibility index (Phi) is 6.16. The second kappa shape index (κ2) is 8.94. The lowest BCUT2D eigenvalue weighted by molar-refractivity contribution is -0.123. The van der Waals surface area contributed by atoms with Crippen LogP contribution in [0.4, 0.5) is 4.39 Å². The highest BCUT2D eigenvalue weighted by molar-refractivity contribution is 5.77. The van der Waals surface area contributed by atoms with Crippen LogP contribution in [-0.4, -0.2) is 28.8 Å². The largest absolute Gasteiger partial charge is 0.484 e. The Morgan fingerprint density at radius 1 is 1.07 bits per heavy atom. The van der Waals surface area contributed by atoms with Crippen molar-refractivity contribution in [3.05, 3.63) is 82.4 Å². The molecule has 144 valence electrons. The van der Waals surface area contributed by atoms with Gasteiger partial charge in [-0.15, -0.1) is 0 Å². The van der Waals surface area contributed by atoms with E-state index >= 15 is 0 Å². The van der Waals surface area contributed by atoms with Gasteiger partial charge in [0.1, 0.15) is 11.6 Å². The van der Waals surface area contributed by atoms with Crippen molar-refractivity contribution in [2.24, 2.45) is 0 Å². The van der Waals surface area contributed by atoms with Crippen LogP contribution in [0.2, 0.25) is 0 Å². The smallest absolute Gasteiger partial charge is 0.266 e. The second-order valence-electron chi connectivity index (χ2n) is 6.24. The summed E-state index contributed by atoms with van der Waals surface area (Å²) in [5.41, 5.74) is 2.08. The average Bonchev–Trinajstić information content (AvgIpc) is 2.70. The molecule has 1 aromatic heterocycles. The number of aromatic nitrogens is 2. The molecule has 1 amide bonds. The van der Waals surface area contributed by atoms with Gasteiger partial charge in [0.15, 0.2) is 6.61 Å². The van der Waals surface area contributed by atoms with Crippen LogP contribution in [0.1, 0.15) is 5.56 Å². The molecule has 0 aliphatic carbocycles. The van der Waals surface area contributed by atoms with E-state index < -0.39 is 0 Å². The fourth-order valence-corrected chi connectivity index (χ4v) is 2.52. The van der Waals surface area contributed by atoms with Gasteiger partial charge in [-0.2, -0.15) is 5.10 Å². The monoisotopic (exact) mass is 381 g/mol. The molecule has 2 aromatic carbocycles. The van der Waals surface area contributed by atoms with E-state index in [1.54, 1.807) is 30.3 Å². The van der Waals surface area contributed by atoms with E-state index in [1.165, 1.54) is 22.9 Å². The van der Waals surface area contributed by atoms with Crippen molar-refractivity contribution >= 4 is 5.91 Å². The average molecular weight is 381 g/mol. The number of benzene rings is 2. The van der Waals surface area contributed by atoms with Gasteiger partial charge in [-0.25, -0.2) is 9.07 Å². The Morgan fingerprint density at radius 3 is 2.50 bits per heavy atom. The molecule has 3 rings (SSSR count). The first-order chi connectivity index (χ1) is 13.5. The molecule has 3 aromatic rings. The van der Waals surface area contributed by atoms with Crippen molar-refractivity contribution in [1.82, 2.24) is 15.1 Å². The maximum absolute atomic E-state index is 13.1. The SMILES string of the molecule is Cc1ccc(OCC(=O)NCCn2nc(-c3ccc(F)cc3)ccc2=O)cc1. The van der Waals surface area contributed by atoms with Gasteiger partial charge in [-0.1, -0.05) is 17.7 Å². The molecule has 1 heterocycles. The molecule has 0 radical (unpaired) electrons. The van der Waals surface area contributed by atoms with Gasteiger partial charge < -0.3 is 10.1 Å². The van der Waals surface area contributed by atoms with Crippen molar-refractivity contribution < 1.29 is 13.9 Å². The highest BCUT2D eigenvalue weighted by Crippen LogP contribution is 2.15. The molecule has 0 bridgehead atoms. The summed E-state index contributed by atoms with van der Waals surface area (Å²) in [6.45, 7) is 2.30. The Morgan fingerprint density at radius 2 is 1.79 bits per heavy atom. The molecule has 6 nitrogen and oxygen atoms in total. The quantitative estimate of drug-likeness (QED) is 0.683. The van der Waals surface area contributed by atoms with Crippen LogP contribution in [0, 0.1) is 12.7 Å². The summed E-state index contributed by atoms with van der Waals surface area (Å²) in [6.07, 6.45) is 0. The van der Waals surface area contributed by atoms with Crippen LogP contribution in [-0.2, 0) is 11.3 Å². The van der Waals surface area contributed by atoms with Crippen molar-refractivity contribution in [2.45, 2.75) is 13.5 Å². The lowest BCUT2D eigenvalue weighted by atomic mass is 10.1. The third-order valence-electron chi connectivity index (χ3n) is 4.04. The summed E-state index contributed by atoms with van der Waals surface area (Å²) in [7, 11) is 0. The number of ether oxygens (including phenoxy) is 1. The number of hydrogen-bond donors (Lipinski definition) is 1. The van der Waals surface area contributed by atoms with E-state index in [1.807, 2.05) is 19.1 Å². The number of carbonyl (C=O) groups excluding carboxylic acids is 1. The Balaban J connectivity index is 1.53. The minimum absolute atomic E-state index is 0.110. The molecular formula is C21H20FN3O3. The van der Waals surface area contributed by atoms with Gasteiger partial charge in [0, 0.05) is 18.2 Å². The maximum Gasteiger partial charge on any atom is 0.266 e. The summed E-state index contributed by atoms with van der Waals surface area (Å²) in [5, 5.41) is 6.96. The third kappa shape index (κ3) is 5.26. The van der Waals surface area contributed by atoms with Crippen molar-refractivity contribution in [2.75, 3.05) is 13.2 Å². The van der Waals surface area contributed by atoms with Crippen LogP contribution in [0.3, 0.4) is 0 Å². The molecule has 0 atom stereocenters. The molecule has 28 heavy (non-hydrogen) atoms. The van der Waals surface area contributed by atoms with Crippen molar-refractivity contribution in [3.63, 3.8) is 0 Å². The number of carbonyl (C=O) groups is 1. The number of nitrogens with zero attached hydrogens (tertiary/aromatic N) is 2. The summed E-state index contributed by atoms with van der Waals surface area (Å²) in [6, 6.07) is 16.2. The number of amides is 1. The number of halogens is 1. The van der Waals surface area contributed by atoms with Crippen molar-refractivity contribution in [1.29, 1.82) is 0 Å². The van der Waals surface area contributed by atoms with Gasteiger partial charge in [0.05, 0.1) is 12.2 Å². The third-order valence-corrected chi connectivity index (χ3v) is 4.04. The van der Waals surface area contributed by atoms with E-state index in [4.69, 9.17) is 4.74 Å². The fourth-order valence-electron chi connectivity index (χ4n) is 2.52. The number of rotatable bonds is 7. The number of aryl methyl sites for hydroxylation is 1. The molecule has 0 spiro atoms. The Hall–Kier alpha value is -3.48. The van der Waals surface area contributed by atoms with Crippen LogP contribution in [0.25, 0.3) is 11.3 Å². The first kappa shape index (κ1) is 19.3. The van der Waals surface area contributed by atoms with Crippen LogP contribution >= 0.6 is 0 Å². The Labute approximate surface area is 161 Å². The first-order valence-electron chi connectivity index (χ1n) is 8.81. The summed E-state index contributed by atoms with van der Waals surface area (Å²) >= 11 is 0. The topological polar surface area (TPSA) is 73.2 Å². The highest BCUT2D eigenvalue weighted by Gasteiger charge is 2.06. The fraction of sp³-hybridized carbons (Fsp3) is 0.190. The predicted molar refractivity (Wildman–Crippen MR) is 104 cm³/mol. The lowest BCUT2D eigenvalue weighted by Crippen LogP contribution is -2.34. The first-order valence-corrected chi connectivity index (χ1v) is 8.81. The molecule has 0 aliphatic heterocycles.